The average molecular weight is 414 g/mol. The number of morpholine rings is 1. The van der Waals surface area contributed by atoms with E-state index in [-0.39, 0.29) is 5.91 Å². The minimum atomic E-state index is 0.0587. The Morgan fingerprint density at radius 2 is 1.93 bits per heavy atom. The molecule has 146 valence electrons. The minimum absolute atomic E-state index is 0.0587. The first-order valence-electron chi connectivity index (χ1n) is 9.38. The normalized spacial score (nSPS) is 14.4. The highest BCUT2D eigenvalue weighted by molar-refractivity contribution is 7.99. The van der Waals surface area contributed by atoms with Crippen molar-refractivity contribution in [3.05, 3.63) is 59.1 Å². The average Bonchev–Trinajstić information content (AvgIpc) is 3.16. The van der Waals surface area contributed by atoms with Crippen LogP contribution in [0.2, 0.25) is 0 Å². The van der Waals surface area contributed by atoms with Crippen molar-refractivity contribution in [2.45, 2.75) is 12.3 Å². The van der Waals surface area contributed by atoms with Crippen molar-refractivity contribution in [2.75, 3.05) is 37.0 Å². The number of hydrogen-bond donors (Lipinski definition) is 1. The second-order valence-corrected chi connectivity index (χ2v) is 8.71. The number of aromatic nitrogens is 1. The first-order chi connectivity index (χ1) is 13.8. The molecular weight excluding hydrogens is 390 g/mol. The fraction of sp³-hybridized carbons (Fsp3) is 0.333. The summed E-state index contributed by atoms with van der Waals surface area (Å²) in [5.41, 5.74) is 3.36. The molecule has 0 radical (unpaired) electrons. The Morgan fingerprint density at radius 1 is 1.14 bits per heavy atom. The first kappa shape index (κ1) is 19.2. The van der Waals surface area contributed by atoms with Crippen LogP contribution in [-0.4, -0.2) is 42.9 Å². The predicted molar refractivity (Wildman–Crippen MR) is 117 cm³/mol. The van der Waals surface area contributed by atoms with Gasteiger partial charge in [0.15, 0.2) is 0 Å². The zero-order valence-corrected chi connectivity index (χ0v) is 17.2. The molecule has 0 spiro atoms. The van der Waals surface area contributed by atoms with E-state index in [1.165, 1.54) is 10.4 Å². The summed E-state index contributed by atoms with van der Waals surface area (Å²) in [6, 6.07) is 16.5. The Kier molecular flexibility index (Phi) is 6.46. The number of nitrogens with one attached hydrogen (secondary N) is 1. The maximum Gasteiger partial charge on any atom is 0.230 e. The molecule has 28 heavy (non-hydrogen) atoms. The van der Waals surface area contributed by atoms with E-state index in [0.717, 1.165) is 48.1 Å². The van der Waals surface area contributed by atoms with Crippen LogP contribution in [0.3, 0.4) is 0 Å². The summed E-state index contributed by atoms with van der Waals surface area (Å²) in [6.45, 7) is 3.99. The molecule has 0 unspecified atom stereocenters. The molecule has 0 saturated carbocycles. The van der Waals surface area contributed by atoms with E-state index in [0.29, 0.717) is 12.3 Å². The van der Waals surface area contributed by atoms with Crippen molar-refractivity contribution < 1.29 is 9.53 Å². The number of carbonyl (C=O) groups is 1. The fourth-order valence-corrected chi connectivity index (χ4v) is 4.99. The van der Waals surface area contributed by atoms with Crippen LogP contribution in [-0.2, 0) is 21.8 Å². The lowest BCUT2D eigenvalue weighted by Gasteiger charge is -2.28. The number of hydrogen-bond acceptors (Lipinski definition) is 6. The molecule has 0 bridgehead atoms. The van der Waals surface area contributed by atoms with Gasteiger partial charge in [-0.2, -0.15) is 0 Å². The second-order valence-electron chi connectivity index (χ2n) is 6.61. The van der Waals surface area contributed by atoms with Crippen LogP contribution in [0, 0.1) is 0 Å². The van der Waals surface area contributed by atoms with Gasteiger partial charge in [-0.25, -0.2) is 4.98 Å². The van der Waals surface area contributed by atoms with Gasteiger partial charge in [0.05, 0.1) is 29.2 Å². The summed E-state index contributed by atoms with van der Waals surface area (Å²) in [6.07, 6.45) is 0. The second kappa shape index (κ2) is 9.41. The minimum Gasteiger partial charge on any atom is -0.378 e. The van der Waals surface area contributed by atoms with Gasteiger partial charge in [-0.15, -0.1) is 23.1 Å². The number of fused-ring (bicyclic) bond motifs is 1. The van der Waals surface area contributed by atoms with Gasteiger partial charge < -0.3 is 15.0 Å². The molecule has 0 aliphatic carbocycles. The summed E-state index contributed by atoms with van der Waals surface area (Å²) >= 11 is 3.30. The lowest BCUT2D eigenvalue weighted by molar-refractivity contribution is -0.118. The number of anilines is 1. The highest BCUT2D eigenvalue weighted by Crippen LogP contribution is 2.24. The third kappa shape index (κ3) is 5.04. The van der Waals surface area contributed by atoms with Gasteiger partial charge in [-0.3, -0.25) is 4.79 Å². The number of carbonyl (C=O) groups excluding carboxylic acids is 1. The predicted octanol–water partition coefficient (Wildman–Crippen LogP) is 3.68. The summed E-state index contributed by atoms with van der Waals surface area (Å²) in [4.78, 5) is 19.0. The molecule has 1 saturated heterocycles. The number of ether oxygens (including phenoxy) is 1. The lowest BCUT2D eigenvalue weighted by atomic mass is 10.2. The van der Waals surface area contributed by atoms with Gasteiger partial charge in [-0.1, -0.05) is 24.3 Å². The van der Waals surface area contributed by atoms with Crippen molar-refractivity contribution in [1.29, 1.82) is 0 Å². The van der Waals surface area contributed by atoms with Crippen molar-refractivity contribution in [1.82, 2.24) is 10.3 Å². The van der Waals surface area contributed by atoms with Gasteiger partial charge >= 0.3 is 0 Å². The number of nitrogens with zero attached hydrogens (tertiary/aromatic N) is 2. The number of thiazole rings is 1. The third-order valence-corrected chi connectivity index (χ3v) is 6.76. The van der Waals surface area contributed by atoms with E-state index in [4.69, 9.17) is 4.74 Å². The van der Waals surface area contributed by atoms with Gasteiger partial charge in [0.1, 0.15) is 5.01 Å². The first-order valence-corrected chi connectivity index (χ1v) is 11.4. The van der Waals surface area contributed by atoms with Crippen LogP contribution in [0.25, 0.3) is 10.2 Å². The summed E-state index contributed by atoms with van der Waals surface area (Å²) in [5.74, 6) is 1.27. The largest absolute Gasteiger partial charge is 0.378 e. The Labute approximate surface area is 173 Å². The van der Waals surface area contributed by atoms with E-state index in [1.54, 1.807) is 23.1 Å². The molecule has 1 aliphatic heterocycles. The molecule has 2 heterocycles. The van der Waals surface area contributed by atoms with Gasteiger partial charge in [0.25, 0.3) is 0 Å². The van der Waals surface area contributed by atoms with Crippen molar-refractivity contribution in [2.24, 2.45) is 0 Å². The molecule has 2 aromatic carbocycles. The molecule has 3 aromatic rings. The zero-order valence-electron chi connectivity index (χ0n) is 15.6. The van der Waals surface area contributed by atoms with Gasteiger partial charge in [-0.05, 0) is 29.8 Å². The maximum atomic E-state index is 12.1. The van der Waals surface area contributed by atoms with Crippen molar-refractivity contribution in [3.8, 4) is 0 Å². The smallest absolute Gasteiger partial charge is 0.230 e. The molecule has 1 amide bonds. The molecular formula is C21H23N3O2S2. The van der Waals surface area contributed by atoms with Crippen LogP contribution in [0.5, 0.6) is 0 Å². The quantitative estimate of drug-likeness (QED) is 0.640. The SMILES string of the molecule is O=C(CSCc1nc2ccccc2s1)NCc1ccc(N2CCOCC2)cc1. The molecule has 1 fully saturated rings. The molecule has 1 aromatic heterocycles. The summed E-state index contributed by atoms with van der Waals surface area (Å²) in [5, 5.41) is 4.07. The molecule has 7 heteroatoms. The Morgan fingerprint density at radius 3 is 2.71 bits per heavy atom. The molecule has 1 N–H and O–H groups in total. The number of para-hydroxylation sites is 1. The van der Waals surface area contributed by atoms with E-state index in [2.05, 4.69) is 45.5 Å². The number of rotatable bonds is 7. The third-order valence-electron chi connectivity index (χ3n) is 4.60. The van der Waals surface area contributed by atoms with Crippen LogP contribution in [0.4, 0.5) is 5.69 Å². The Balaban J connectivity index is 1.19. The molecule has 4 rings (SSSR count). The van der Waals surface area contributed by atoms with Crippen LogP contribution < -0.4 is 10.2 Å². The summed E-state index contributed by atoms with van der Waals surface area (Å²) < 4.78 is 6.59. The van der Waals surface area contributed by atoms with Crippen LogP contribution in [0.15, 0.2) is 48.5 Å². The monoisotopic (exact) mass is 413 g/mol. The molecule has 0 atom stereocenters. The molecule has 5 nitrogen and oxygen atoms in total. The van der Waals surface area contributed by atoms with Crippen LogP contribution >= 0.6 is 23.1 Å². The van der Waals surface area contributed by atoms with E-state index in [1.807, 2.05) is 18.2 Å². The highest BCUT2D eigenvalue weighted by Gasteiger charge is 2.11. The molecule has 1 aliphatic rings. The van der Waals surface area contributed by atoms with Gasteiger partial charge in [0.2, 0.25) is 5.91 Å². The van der Waals surface area contributed by atoms with Crippen molar-refractivity contribution >= 4 is 44.9 Å². The van der Waals surface area contributed by atoms with Crippen molar-refractivity contribution in [3.63, 3.8) is 0 Å². The van der Waals surface area contributed by atoms with Crippen LogP contribution in [0.1, 0.15) is 10.6 Å². The van der Waals surface area contributed by atoms with E-state index >= 15 is 0 Å². The lowest BCUT2D eigenvalue weighted by Crippen LogP contribution is -2.36. The number of thioether (sulfide) groups is 1. The fourth-order valence-electron chi connectivity index (χ4n) is 3.11. The van der Waals surface area contributed by atoms with E-state index < -0.39 is 0 Å². The Hall–Kier alpha value is -2.09. The Bertz CT molecular complexity index is 888. The topological polar surface area (TPSA) is 54.5 Å². The van der Waals surface area contributed by atoms with Gasteiger partial charge in [0, 0.05) is 31.1 Å². The standard InChI is InChI=1S/C21H23N3O2S2/c25-20(14-27-15-21-23-18-3-1-2-4-19(18)28-21)22-13-16-5-7-17(8-6-16)24-9-11-26-12-10-24/h1-8H,9-15H2,(H,22,25). The summed E-state index contributed by atoms with van der Waals surface area (Å²) in [7, 11) is 0. The maximum absolute atomic E-state index is 12.1. The highest BCUT2D eigenvalue weighted by atomic mass is 32.2. The van der Waals surface area contributed by atoms with E-state index in [9.17, 15) is 4.79 Å². The zero-order chi connectivity index (χ0) is 19.2. The number of amides is 1. The number of benzene rings is 2.